The molecule has 0 saturated carbocycles. The molecule has 1 N–H and O–H groups in total. The van der Waals surface area contributed by atoms with E-state index in [1.807, 2.05) is 103 Å². The smallest absolute Gasteiger partial charge is 0.345 e. The van der Waals surface area contributed by atoms with Crippen LogP contribution in [0.1, 0.15) is 23.9 Å². The molecule has 3 aromatic carbocycles. The van der Waals surface area contributed by atoms with Gasteiger partial charge in [0.15, 0.2) is 5.76 Å². The second-order valence-electron chi connectivity index (χ2n) is 10.3. The van der Waals surface area contributed by atoms with Crippen molar-refractivity contribution < 1.29 is 23.6 Å². The number of oxazole rings is 1. The number of hydrogen-bond donors (Lipinski definition) is 1. The van der Waals surface area contributed by atoms with Crippen LogP contribution < -0.4 is 5.48 Å². The molecule has 9 nitrogen and oxygen atoms in total. The van der Waals surface area contributed by atoms with E-state index in [9.17, 15) is 9.59 Å². The third kappa shape index (κ3) is 6.87. The molecule has 0 amide bonds. The fourth-order valence-corrected chi connectivity index (χ4v) is 5.15. The van der Waals surface area contributed by atoms with Crippen LogP contribution in [0.3, 0.4) is 0 Å². The Labute approximate surface area is 246 Å². The molecule has 1 fully saturated rings. The number of esters is 1. The van der Waals surface area contributed by atoms with Crippen LogP contribution >= 0.6 is 0 Å². The van der Waals surface area contributed by atoms with Crippen molar-refractivity contribution in [3.8, 4) is 22.6 Å². The van der Waals surface area contributed by atoms with Gasteiger partial charge in [-0.25, -0.2) is 15.3 Å². The Bertz CT molecular complexity index is 1430. The van der Waals surface area contributed by atoms with Crippen molar-refractivity contribution >= 4 is 17.6 Å². The highest BCUT2D eigenvalue weighted by atomic mass is 16.7. The van der Waals surface area contributed by atoms with Crippen LogP contribution in [-0.2, 0) is 25.7 Å². The number of aryl methyl sites for hydroxylation is 2. The minimum atomic E-state index is -0.592. The largest absolute Gasteiger partial charge is 0.465 e. The molecule has 5 rings (SSSR count). The molecule has 0 aliphatic carbocycles. The van der Waals surface area contributed by atoms with Crippen LogP contribution in [-0.4, -0.2) is 65.6 Å². The highest BCUT2D eigenvalue weighted by Gasteiger charge is 2.35. The summed E-state index contributed by atoms with van der Waals surface area (Å²) in [5.74, 6) is 0.415. The van der Waals surface area contributed by atoms with E-state index in [2.05, 4.69) is 5.48 Å². The normalized spacial score (nSPS) is 15.7. The fourth-order valence-electron chi connectivity index (χ4n) is 5.15. The number of aromatic nitrogens is 1. The van der Waals surface area contributed by atoms with Gasteiger partial charge in [0.2, 0.25) is 5.89 Å². The van der Waals surface area contributed by atoms with E-state index in [0.29, 0.717) is 37.8 Å². The van der Waals surface area contributed by atoms with Crippen LogP contribution in [0.15, 0.2) is 83.3 Å². The molecule has 2 heterocycles. The van der Waals surface area contributed by atoms with Gasteiger partial charge in [-0.05, 0) is 31.9 Å². The molecule has 1 aliphatic rings. The van der Waals surface area contributed by atoms with Crippen molar-refractivity contribution in [2.24, 2.45) is 0 Å². The Morgan fingerprint density at radius 1 is 0.929 bits per heavy atom. The van der Waals surface area contributed by atoms with E-state index in [0.717, 1.165) is 33.6 Å². The Morgan fingerprint density at radius 2 is 1.60 bits per heavy atom. The number of benzene rings is 3. The molecule has 218 valence electrons. The summed E-state index contributed by atoms with van der Waals surface area (Å²) in [6, 6.07) is 25.0. The van der Waals surface area contributed by atoms with Gasteiger partial charge in [0.25, 0.3) is 0 Å². The molecule has 42 heavy (non-hydrogen) atoms. The number of ether oxygens (including phenoxy) is 1. The number of carbonyl (C=O) groups is 2. The van der Waals surface area contributed by atoms with Gasteiger partial charge < -0.3 is 14.0 Å². The van der Waals surface area contributed by atoms with Crippen molar-refractivity contribution in [2.45, 2.75) is 33.4 Å². The SMILES string of the molecule is CCOC(=O)C1CN(CC(=O)ONc2c(C)cccc2C)CCN1Cc1nc(-c2ccccc2)c(-c2ccccc2)o1. The quantitative estimate of drug-likeness (QED) is 0.203. The van der Waals surface area contributed by atoms with Crippen LogP contribution in [0.25, 0.3) is 22.6 Å². The van der Waals surface area contributed by atoms with Gasteiger partial charge in [-0.15, -0.1) is 0 Å². The van der Waals surface area contributed by atoms with Crippen LogP contribution in [0.4, 0.5) is 5.69 Å². The zero-order valence-electron chi connectivity index (χ0n) is 24.2. The van der Waals surface area contributed by atoms with Gasteiger partial charge in [0.05, 0.1) is 25.4 Å². The summed E-state index contributed by atoms with van der Waals surface area (Å²) in [5, 5.41) is 0. The van der Waals surface area contributed by atoms with Crippen molar-refractivity contribution in [1.82, 2.24) is 14.8 Å². The lowest BCUT2D eigenvalue weighted by molar-refractivity contribution is -0.154. The Morgan fingerprint density at radius 3 is 2.26 bits per heavy atom. The van der Waals surface area contributed by atoms with Crippen molar-refractivity contribution in [1.29, 1.82) is 0 Å². The molecular formula is C33H36N4O5. The number of nitrogens with zero attached hydrogens (tertiary/aromatic N) is 3. The number of hydrogen-bond acceptors (Lipinski definition) is 9. The van der Waals surface area contributed by atoms with E-state index in [1.165, 1.54) is 0 Å². The third-order valence-corrected chi connectivity index (χ3v) is 7.33. The second-order valence-corrected chi connectivity index (χ2v) is 10.3. The topological polar surface area (TPSA) is 97.1 Å². The third-order valence-electron chi connectivity index (χ3n) is 7.33. The number of carbonyl (C=O) groups excluding carboxylic acids is 2. The van der Waals surface area contributed by atoms with Crippen LogP contribution in [0.2, 0.25) is 0 Å². The first kappa shape index (κ1) is 29.0. The Balaban J connectivity index is 1.30. The lowest BCUT2D eigenvalue weighted by atomic mass is 10.1. The maximum Gasteiger partial charge on any atom is 0.345 e. The average Bonchev–Trinajstić information content (AvgIpc) is 3.42. The van der Waals surface area contributed by atoms with Gasteiger partial charge in [0.1, 0.15) is 11.7 Å². The molecule has 1 aromatic heterocycles. The zero-order valence-corrected chi connectivity index (χ0v) is 24.2. The van der Waals surface area contributed by atoms with E-state index in [4.69, 9.17) is 19.0 Å². The summed E-state index contributed by atoms with van der Waals surface area (Å²) < 4.78 is 11.7. The molecule has 4 aromatic rings. The van der Waals surface area contributed by atoms with Gasteiger partial charge >= 0.3 is 11.9 Å². The Kier molecular flexibility index (Phi) is 9.31. The molecule has 1 aliphatic heterocycles. The summed E-state index contributed by atoms with van der Waals surface area (Å²) in [6.45, 7) is 7.70. The molecule has 0 bridgehead atoms. The van der Waals surface area contributed by atoms with Gasteiger partial charge in [-0.3, -0.25) is 14.6 Å². The number of rotatable bonds is 10. The number of piperazine rings is 1. The van der Waals surface area contributed by atoms with Crippen LogP contribution in [0.5, 0.6) is 0 Å². The summed E-state index contributed by atoms with van der Waals surface area (Å²) in [7, 11) is 0. The first-order valence-electron chi connectivity index (χ1n) is 14.2. The number of nitrogens with one attached hydrogen (secondary N) is 1. The standard InChI is InChI=1S/C33H36N4O5/c1-4-40-33(39)27-20-36(22-29(38)42-35-30-23(2)12-11-13-24(30)3)18-19-37(27)21-28-34-31(25-14-7-5-8-15-25)32(41-28)26-16-9-6-10-17-26/h5-17,27,35H,4,18-22H2,1-3H3. The predicted molar refractivity (Wildman–Crippen MR) is 160 cm³/mol. The first-order chi connectivity index (χ1) is 20.4. The Hall–Kier alpha value is -4.47. The zero-order chi connectivity index (χ0) is 29.5. The molecule has 1 saturated heterocycles. The monoisotopic (exact) mass is 568 g/mol. The lowest BCUT2D eigenvalue weighted by Crippen LogP contribution is -2.57. The molecule has 0 spiro atoms. The van der Waals surface area contributed by atoms with Gasteiger partial charge in [-0.1, -0.05) is 78.9 Å². The number of anilines is 1. The summed E-state index contributed by atoms with van der Waals surface area (Å²) in [5.41, 5.74) is 8.17. The summed E-state index contributed by atoms with van der Waals surface area (Å²) in [6.07, 6.45) is 0. The molecule has 1 atom stereocenters. The van der Waals surface area contributed by atoms with Gasteiger partial charge in [-0.2, -0.15) is 0 Å². The van der Waals surface area contributed by atoms with E-state index < -0.39 is 12.0 Å². The van der Waals surface area contributed by atoms with Gasteiger partial charge in [0, 0.05) is 30.8 Å². The highest BCUT2D eigenvalue weighted by molar-refractivity contribution is 5.78. The maximum absolute atomic E-state index is 13.1. The number of para-hydroxylation sites is 1. The minimum absolute atomic E-state index is 0.0387. The lowest BCUT2D eigenvalue weighted by Gasteiger charge is -2.38. The second kappa shape index (κ2) is 13.5. The van der Waals surface area contributed by atoms with Crippen molar-refractivity contribution in [3.63, 3.8) is 0 Å². The predicted octanol–water partition coefficient (Wildman–Crippen LogP) is 5.25. The molecule has 0 radical (unpaired) electrons. The minimum Gasteiger partial charge on any atom is -0.465 e. The van der Waals surface area contributed by atoms with Crippen molar-refractivity contribution in [2.75, 3.05) is 38.3 Å². The maximum atomic E-state index is 13.1. The van der Waals surface area contributed by atoms with E-state index in [1.54, 1.807) is 6.92 Å². The average molecular weight is 569 g/mol. The molecule has 9 heteroatoms. The first-order valence-corrected chi connectivity index (χ1v) is 14.2. The van der Waals surface area contributed by atoms with Crippen molar-refractivity contribution in [3.05, 3.63) is 95.9 Å². The highest BCUT2D eigenvalue weighted by Crippen LogP contribution is 2.33. The molecule has 1 unspecified atom stereocenters. The summed E-state index contributed by atoms with van der Waals surface area (Å²) >= 11 is 0. The summed E-state index contributed by atoms with van der Waals surface area (Å²) in [4.78, 5) is 39.9. The fraction of sp³-hybridized carbons (Fsp3) is 0.303. The van der Waals surface area contributed by atoms with E-state index >= 15 is 0 Å². The van der Waals surface area contributed by atoms with E-state index in [-0.39, 0.29) is 19.1 Å². The van der Waals surface area contributed by atoms with Crippen LogP contribution in [0, 0.1) is 13.8 Å². The molecular weight excluding hydrogens is 532 g/mol.